The zero-order valence-electron chi connectivity index (χ0n) is 15.5. The van der Waals surface area contributed by atoms with Crippen LogP contribution in [0, 0.1) is 17.3 Å². The molecule has 5 aliphatic rings. The van der Waals surface area contributed by atoms with E-state index in [0.717, 1.165) is 50.9 Å². The first kappa shape index (κ1) is 16.6. The summed E-state index contributed by atoms with van der Waals surface area (Å²) < 4.78 is 0. The van der Waals surface area contributed by atoms with Gasteiger partial charge < -0.3 is 15.3 Å². The standard InChI is InChI=1S/C22H30N2O2/c25-20(23-18-3-5-19(6-4-18)24-7-1-2-8-24)14-21-10-16-9-17(11-21)13-22(26,12-16)15-21/h3-6,16-17,26H,1-2,7-15H2,(H,23,25). The second kappa shape index (κ2) is 5.98. The molecule has 140 valence electrons. The summed E-state index contributed by atoms with van der Waals surface area (Å²) in [4.78, 5) is 15.1. The van der Waals surface area contributed by atoms with Gasteiger partial charge >= 0.3 is 0 Å². The van der Waals surface area contributed by atoms with Gasteiger partial charge in [0.15, 0.2) is 0 Å². The highest BCUT2D eigenvalue weighted by Crippen LogP contribution is 2.62. The zero-order valence-corrected chi connectivity index (χ0v) is 15.5. The van der Waals surface area contributed by atoms with Crippen LogP contribution in [-0.2, 0) is 4.79 Å². The smallest absolute Gasteiger partial charge is 0.224 e. The summed E-state index contributed by atoms with van der Waals surface area (Å²) >= 11 is 0. The van der Waals surface area contributed by atoms with E-state index in [1.807, 2.05) is 12.1 Å². The lowest BCUT2D eigenvalue weighted by molar-refractivity contribution is -0.167. The van der Waals surface area contributed by atoms with Crippen molar-refractivity contribution in [2.45, 2.75) is 63.4 Å². The summed E-state index contributed by atoms with van der Waals surface area (Å²) in [5.41, 5.74) is 1.70. The molecule has 4 bridgehead atoms. The molecule has 0 aromatic heterocycles. The maximum Gasteiger partial charge on any atom is 0.224 e. The predicted octanol–water partition coefficient (Wildman–Crippen LogP) is 3.95. The molecule has 2 unspecified atom stereocenters. The van der Waals surface area contributed by atoms with Crippen molar-refractivity contribution < 1.29 is 9.90 Å². The lowest BCUT2D eigenvalue weighted by Gasteiger charge is -2.60. The minimum atomic E-state index is -0.484. The van der Waals surface area contributed by atoms with E-state index < -0.39 is 5.60 Å². The van der Waals surface area contributed by atoms with Crippen molar-refractivity contribution in [1.29, 1.82) is 0 Å². The molecule has 2 N–H and O–H groups in total. The molecule has 6 rings (SSSR count). The first-order valence-electron chi connectivity index (χ1n) is 10.4. The third-order valence-corrected chi connectivity index (χ3v) is 7.31. The monoisotopic (exact) mass is 354 g/mol. The fourth-order valence-corrected chi connectivity index (χ4v) is 6.89. The third-order valence-electron chi connectivity index (χ3n) is 7.31. The highest BCUT2D eigenvalue weighted by atomic mass is 16.3. The predicted molar refractivity (Wildman–Crippen MR) is 103 cm³/mol. The topological polar surface area (TPSA) is 52.6 Å². The fraction of sp³-hybridized carbons (Fsp3) is 0.682. The molecule has 0 radical (unpaired) electrons. The number of nitrogens with zero attached hydrogens (tertiary/aromatic N) is 1. The molecule has 4 nitrogen and oxygen atoms in total. The van der Waals surface area contributed by atoms with Gasteiger partial charge in [0.05, 0.1) is 5.60 Å². The molecule has 4 aliphatic carbocycles. The van der Waals surface area contributed by atoms with Crippen LogP contribution in [0.2, 0.25) is 0 Å². The molecule has 1 saturated heterocycles. The molecule has 2 atom stereocenters. The first-order chi connectivity index (χ1) is 12.5. The number of aliphatic hydroxyl groups is 1. The summed E-state index contributed by atoms with van der Waals surface area (Å²) in [5, 5.41) is 14.0. The van der Waals surface area contributed by atoms with E-state index in [9.17, 15) is 9.90 Å². The van der Waals surface area contributed by atoms with Crippen LogP contribution in [0.3, 0.4) is 0 Å². The quantitative estimate of drug-likeness (QED) is 0.861. The Morgan fingerprint density at radius 1 is 1.08 bits per heavy atom. The summed E-state index contributed by atoms with van der Waals surface area (Å²) in [6.45, 7) is 2.28. The number of rotatable bonds is 4. The van der Waals surface area contributed by atoms with Crippen LogP contribution < -0.4 is 10.2 Å². The Balaban J connectivity index is 1.24. The molecule has 26 heavy (non-hydrogen) atoms. The van der Waals surface area contributed by atoms with Gasteiger partial charge in [0.1, 0.15) is 0 Å². The molecule has 4 saturated carbocycles. The van der Waals surface area contributed by atoms with Crippen molar-refractivity contribution >= 4 is 17.3 Å². The highest BCUT2D eigenvalue weighted by Gasteiger charge is 2.57. The van der Waals surface area contributed by atoms with E-state index in [1.165, 1.54) is 24.9 Å². The van der Waals surface area contributed by atoms with E-state index in [2.05, 4.69) is 22.3 Å². The van der Waals surface area contributed by atoms with Gasteiger partial charge in [0.2, 0.25) is 5.91 Å². The van der Waals surface area contributed by atoms with Crippen LogP contribution in [0.4, 0.5) is 11.4 Å². The molecule has 1 heterocycles. The first-order valence-corrected chi connectivity index (χ1v) is 10.4. The van der Waals surface area contributed by atoms with Crippen LogP contribution in [-0.4, -0.2) is 29.7 Å². The number of hydrogen-bond donors (Lipinski definition) is 2. The Hall–Kier alpha value is -1.55. The lowest BCUT2D eigenvalue weighted by atomic mass is 9.47. The van der Waals surface area contributed by atoms with Crippen LogP contribution in [0.1, 0.15) is 57.8 Å². The van der Waals surface area contributed by atoms with Gasteiger partial charge in [0.25, 0.3) is 0 Å². The van der Waals surface area contributed by atoms with Gasteiger partial charge in [-0.15, -0.1) is 0 Å². The molecule has 1 amide bonds. The Morgan fingerprint density at radius 2 is 1.73 bits per heavy atom. The molecule has 4 heteroatoms. The number of nitrogens with one attached hydrogen (secondary N) is 1. The van der Waals surface area contributed by atoms with Crippen molar-refractivity contribution in [3.8, 4) is 0 Å². The Bertz CT molecular complexity index is 679. The summed E-state index contributed by atoms with van der Waals surface area (Å²) in [6.07, 6.45) is 9.40. The minimum Gasteiger partial charge on any atom is -0.390 e. The number of benzene rings is 1. The van der Waals surface area contributed by atoms with Crippen LogP contribution in [0.15, 0.2) is 24.3 Å². The van der Waals surface area contributed by atoms with Crippen LogP contribution in [0.25, 0.3) is 0 Å². The second-order valence-electron chi connectivity index (χ2n) is 9.65. The zero-order chi connectivity index (χ0) is 17.8. The molecule has 1 aromatic carbocycles. The van der Waals surface area contributed by atoms with Crippen molar-refractivity contribution in [3.63, 3.8) is 0 Å². The summed E-state index contributed by atoms with van der Waals surface area (Å²) in [7, 11) is 0. The SMILES string of the molecule is O=C(CC12CC3CC(CC(O)(C3)C1)C2)Nc1ccc(N2CCCC2)cc1. The van der Waals surface area contributed by atoms with E-state index in [0.29, 0.717) is 18.3 Å². The minimum absolute atomic E-state index is 0.0401. The number of hydrogen-bond acceptors (Lipinski definition) is 3. The van der Waals surface area contributed by atoms with E-state index >= 15 is 0 Å². The number of carbonyl (C=O) groups is 1. The van der Waals surface area contributed by atoms with Gasteiger partial charge in [-0.25, -0.2) is 0 Å². The average molecular weight is 354 g/mol. The Kier molecular flexibility index (Phi) is 3.82. The normalized spacial score (nSPS) is 38.0. The third kappa shape index (κ3) is 3.02. The van der Waals surface area contributed by atoms with Crippen LogP contribution in [0.5, 0.6) is 0 Å². The van der Waals surface area contributed by atoms with Crippen LogP contribution >= 0.6 is 0 Å². The van der Waals surface area contributed by atoms with Gasteiger partial charge in [0, 0.05) is 30.9 Å². The number of amides is 1. The van der Waals surface area contributed by atoms with E-state index in [1.54, 1.807) is 0 Å². The lowest BCUT2D eigenvalue weighted by Crippen LogP contribution is -2.56. The van der Waals surface area contributed by atoms with Gasteiger partial charge in [-0.1, -0.05) is 0 Å². The van der Waals surface area contributed by atoms with Crippen molar-refractivity contribution in [2.24, 2.45) is 17.3 Å². The maximum absolute atomic E-state index is 12.7. The van der Waals surface area contributed by atoms with E-state index in [4.69, 9.17) is 0 Å². The summed E-state index contributed by atoms with van der Waals surface area (Å²) in [6, 6.07) is 8.29. The molecular formula is C22H30N2O2. The average Bonchev–Trinajstić information content (AvgIpc) is 3.07. The fourth-order valence-electron chi connectivity index (χ4n) is 6.89. The van der Waals surface area contributed by atoms with Gasteiger partial charge in [-0.05, 0) is 92.9 Å². The Morgan fingerprint density at radius 3 is 2.35 bits per heavy atom. The number of carbonyl (C=O) groups excluding carboxylic acids is 1. The molecule has 1 aliphatic heterocycles. The molecule has 5 fully saturated rings. The van der Waals surface area contributed by atoms with Crippen molar-refractivity contribution in [3.05, 3.63) is 24.3 Å². The maximum atomic E-state index is 12.7. The van der Waals surface area contributed by atoms with Gasteiger partial charge in [-0.2, -0.15) is 0 Å². The largest absolute Gasteiger partial charge is 0.390 e. The van der Waals surface area contributed by atoms with Crippen molar-refractivity contribution in [1.82, 2.24) is 0 Å². The highest BCUT2D eigenvalue weighted by molar-refractivity contribution is 5.91. The van der Waals surface area contributed by atoms with Gasteiger partial charge in [-0.3, -0.25) is 4.79 Å². The molecule has 0 spiro atoms. The molecular weight excluding hydrogens is 324 g/mol. The summed E-state index contributed by atoms with van der Waals surface area (Å²) in [5.74, 6) is 1.38. The number of anilines is 2. The van der Waals surface area contributed by atoms with E-state index in [-0.39, 0.29) is 11.3 Å². The molecule has 1 aromatic rings. The van der Waals surface area contributed by atoms with Crippen molar-refractivity contribution in [2.75, 3.05) is 23.3 Å². The Labute approximate surface area is 156 Å². The second-order valence-corrected chi connectivity index (χ2v) is 9.65.